The van der Waals surface area contributed by atoms with Crippen LogP contribution in [-0.4, -0.2) is 68.1 Å². The van der Waals surface area contributed by atoms with Gasteiger partial charge in [0.15, 0.2) is 0 Å². The second-order valence-electron chi connectivity index (χ2n) is 5.13. The van der Waals surface area contributed by atoms with E-state index >= 15 is 0 Å². The second-order valence-corrected chi connectivity index (χ2v) is 5.13. The lowest BCUT2D eigenvalue weighted by Crippen LogP contribution is -2.46. The number of carboxylic acid groups (broad SMARTS) is 1. The number of aliphatic carboxylic acids is 1. The quantitative estimate of drug-likeness (QED) is 0.622. The summed E-state index contributed by atoms with van der Waals surface area (Å²) in [5, 5.41) is 11.4. The number of nitrogens with zero attached hydrogens (tertiary/aromatic N) is 1. The topological polar surface area (TPSA) is 88.1 Å². The maximum Gasteiger partial charge on any atom is 0.317 e. The average Bonchev–Trinajstić information content (AvgIpc) is 2.47. The Labute approximate surface area is 125 Å². The molecule has 0 aliphatic carbocycles. The Morgan fingerprint density at radius 2 is 1.95 bits per heavy atom. The van der Waals surface area contributed by atoms with Crippen molar-refractivity contribution in [2.24, 2.45) is 0 Å². The van der Waals surface area contributed by atoms with Gasteiger partial charge in [0.05, 0.1) is 19.1 Å². The van der Waals surface area contributed by atoms with Gasteiger partial charge in [0.25, 0.3) is 0 Å². The molecule has 0 spiro atoms. The van der Waals surface area contributed by atoms with Crippen LogP contribution in [0.3, 0.4) is 0 Å². The maximum absolute atomic E-state index is 11.9. The van der Waals surface area contributed by atoms with Crippen molar-refractivity contribution >= 4 is 12.0 Å². The number of piperidine rings is 1. The first-order valence-corrected chi connectivity index (χ1v) is 7.48. The Morgan fingerprint density at radius 1 is 1.24 bits per heavy atom. The fraction of sp³-hybridized carbons (Fsp3) is 0.857. The van der Waals surface area contributed by atoms with Gasteiger partial charge in [0.1, 0.15) is 0 Å². The predicted molar refractivity (Wildman–Crippen MR) is 77.3 cm³/mol. The Kier molecular flexibility index (Phi) is 8.77. The number of urea groups is 1. The summed E-state index contributed by atoms with van der Waals surface area (Å²) in [6, 6.07) is -0.0311. The Balaban J connectivity index is 2.08. The summed E-state index contributed by atoms with van der Waals surface area (Å²) in [5.41, 5.74) is 0. The summed E-state index contributed by atoms with van der Waals surface area (Å²) >= 11 is 0. The molecule has 1 aliphatic rings. The zero-order valence-electron chi connectivity index (χ0n) is 12.7. The Bertz CT molecular complexity index is 316. The zero-order chi connectivity index (χ0) is 15.5. The molecule has 2 N–H and O–H groups in total. The van der Waals surface area contributed by atoms with Crippen LogP contribution < -0.4 is 5.32 Å². The first-order valence-electron chi connectivity index (χ1n) is 7.48. The number of amides is 2. The number of unbranched alkanes of at least 4 members (excludes halogenated alkanes) is 1. The molecule has 122 valence electrons. The molecule has 1 aliphatic heterocycles. The number of carboxylic acids is 1. The van der Waals surface area contributed by atoms with Gasteiger partial charge in [-0.3, -0.25) is 4.79 Å². The molecule has 0 atom stereocenters. The molecule has 0 saturated carbocycles. The lowest BCUT2D eigenvalue weighted by atomic mass is 10.1. The smallest absolute Gasteiger partial charge is 0.317 e. The number of ether oxygens (including phenoxy) is 2. The van der Waals surface area contributed by atoms with Gasteiger partial charge >= 0.3 is 12.0 Å². The molecule has 1 rings (SSSR count). The Morgan fingerprint density at radius 3 is 2.57 bits per heavy atom. The van der Waals surface area contributed by atoms with Gasteiger partial charge in [-0.2, -0.15) is 0 Å². The molecule has 0 aromatic carbocycles. The molecule has 1 saturated heterocycles. The minimum atomic E-state index is -0.847. The fourth-order valence-corrected chi connectivity index (χ4v) is 2.22. The van der Waals surface area contributed by atoms with Crippen LogP contribution in [0.5, 0.6) is 0 Å². The number of rotatable bonds is 9. The molecule has 0 bridgehead atoms. The van der Waals surface area contributed by atoms with E-state index in [2.05, 4.69) is 5.32 Å². The number of carbonyl (C=O) groups is 2. The monoisotopic (exact) mass is 302 g/mol. The molecule has 1 heterocycles. The van der Waals surface area contributed by atoms with Crippen LogP contribution in [0.25, 0.3) is 0 Å². The molecule has 0 unspecified atom stereocenters. The molecule has 0 radical (unpaired) electrons. The van der Waals surface area contributed by atoms with E-state index in [-0.39, 0.29) is 25.2 Å². The minimum Gasteiger partial charge on any atom is -0.481 e. The van der Waals surface area contributed by atoms with Crippen LogP contribution in [0.15, 0.2) is 0 Å². The lowest BCUT2D eigenvalue weighted by Gasteiger charge is -2.31. The summed E-state index contributed by atoms with van der Waals surface area (Å²) in [6.45, 7) is 2.93. The van der Waals surface area contributed by atoms with Gasteiger partial charge in [-0.1, -0.05) is 0 Å². The normalized spacial score (nSPS) is 16.0. The first kappa shape index (κ1) is 17.7. The molecule has 7 nitrogen and oxygen atoms in total. The largest absolute Gasteiger partial charge is 0.481 e. The van der Waals surface area contributed by atoms with E-state index in [0.29, 0.717) is 19.6 Å². The van der Waals surface area contributed by atoms with Crippen molar-refractivity contribution in [3.05, 3.63) is 0 Å². The van der Waals surface area contributed by atoms with Crippen LogP contribution in [0.4, 0.5) is 4.79 Å². The standard InChI is InChI=1S/C14H26N2O5/c1-20-10-3-2-7-15-14(19)16-8-4-12(5-9-16)21-11-6-13(17)18/h12H,2-11H2,1H3,(H,15,19)(H,17,18). The van der Waals surface area contributed by atoms with Gasteiger partial charge in [0.2, 0.25) is 0 Å². The van der Waals surface area contributed by atoms with Crippen molar-refractivity contribution in [1.82, 2.24) is 10.2 Å². The van der Waals surface area contributed by atoms with E-state index in [1.54, 1.807) is 12.0 Å². The van der Waals surface area contributed by atoms with E-state index in [0.717, 1.165) is 32.3 Å². The highest BCUT2D eigenvalue weighted by Gasteiger charge is 2.22. The van der Waals surface area contributed by atoms with Gasteiger partial charge in [-0.05, 0) is 25.7 Å². The van der Waals surface area contributed by atoms with E-state index in [9.17, 15) is 9.59 Å². The van der Waals surface area contributed by atoms with Gasteiger partial charge < -0.3 is 24.8 Å². The molecule has 0 aromatic rings. The van der Waals surface area contributed by atoms with Crippen LogP contribution in [0, 0.1) is 0 Å². The van der Waals surface area contributed by atoms with Gasteiger partial charge in [0, 0.05) is 33.4 Å². The van der Waals surface area contributed by atoms with Crippen LogP contribution >= 0.6 is 0 Å². The zero-order valence-corrected chi connectivity index (χ0v) is 12.7. The first-order chi connectivity index (χ1) is 10.1. The molecule has 7 heteroatoms. The third-order valence-corrected chi connectivity index (χ3v) is 3.45. The summed E-state index contributed by atoms with van der Waals surface area (Å²) in [6.07, 6.45) is 3.47. The van der Waals surface area contributed by atoms with Crippen molar-refractivity contribution in [1.29, 1.82) is 0 Å². The summed E-state index contributed by atoms with van der Waals surface area (Å²) in [4.78, 5) is 24.1. The number of nitrogens with one attached hydrogen (secondary N) is 1. The molecule has 1 fully saturated rings. The average molecular weight is 302 g/mol. The van der Waals surface area contributed by atoms with Crippen molar-refractivity contribution in [2.75, 3.05) is 40.0 Å². The third-order valence-electron chi connectivity index (χ3n) is 3.45. The van der Waals surface area contributed by atoms with Crippen molar-refractivity contribution in [3.63, 3.8) is 0 Å². The number of hydrogen-bond acceptors (Lipinski definition) is 4. The van der Waals surface area contributed by atoms with Crippen LogP contribution in [0.2, 0.25) is 0 Å². The lowest BCUT2D eigenvalue weighted by molar-refractivity contribution is -0.138. The predicted octanol–water partition coefficient (Wildman–Crippen LogP) is 1.08. The maximum atomic E-state index is 11.9. The molecular formula is C14H26N2O5. The summed E-state index contributed by atoms with van der Waals surface area (Å²) in [5.74, 6) is -0.847. The highest BCUT2D eigenvalue weighted by Crippen LogP contribution is 2.14. The third kappa shape index (κ3) is 7.87. The summed E-state index contributed by atoms with van der Waals surface area (Å²) < 4.78 is 10.4. The highest BCUT2D eigenvalue weighted by atomic mass is 16.5. The fourth-order valence-electron chi connectivity index (χ4n) is 2.22. The van der Waals surface area contributed by atoms with Gasteiger partial charge in [-0.15, -0.1) is 0 Å². The molecule has 2 amide bonds. The van der Waals surface area contributed by atoms with Gasteiger partial charge in [-0.25, -0.2) is 4.79 Å². The number of methoxy groups -OCH3 is 1. The SMILES string of the molecule is COCCCCNC(=O)N1CCC(OCCC(=O)O)CC1. The van der Waals surface area contributed by atoms with Crippen LogP contribution in [-0.2, 0) is 14.3 Å². The van der Waals surface area contributed by atoms with E-state index < -0.39 is 5.97 Å². The van der Waals surface area contributed by atoms with Crippen LogP contribution in [0.1, 0.15) is 32.1 Å². The second kappa shape index (κ2) is 10.4. The number of carbonyl (C=O) groups excluding carboxylic acids is 1. The number of hydrogen-bond donors (Lipinski definition) is 2. The van der Waals surface area contributed by atoms with Crippen molar-refractivity contribution in [3.8, 4) is 0 Å². The van der Waals surface area contributed by atoms with E-state index in [1.165, 1.54) is 0 Å². The van der Waals surface area contributed by atoms with E-state index in [1.807, 2.05) is 0 Å². The molecular weight excluding hydrogens is 276 g/mol. The highest BCUT2D eigenvalue weighted by molar-refractivity contribution is 5.74. The number of likely N-dealkylation sites (tertiary alicyclic amines) is 1. The van der Waals surface area contributed by atoms with Crippen molar-refractivity contribution < 1.29 is 24.2 Å². The molecule has 0 aromatic heterocycles. The van der Waals surface area contributed by atoms with E-state index in [4.69, 9.17) is 14.6 Å². The summed E-state index contributed by atoms with van der Waals surface area (Å²) in [7, 11) is 1.67. The Hall–Kier alpha value is -1.34. The van der Waals surface area contributed by atoms with Crippen molar-refractivity contribution in [2.45, 2.75) is 38.2 Å². The minimum absolute atomic E-state index is 0.0299. The molecule has 21 heavy (non-hydrogen) atoms.